The molecule has 0 saturated heterocycles. The van der Waals surface area contributed by atoms with Gasteiger partial charge in [-0.15, -0.1) is 0 Å². The molecule has 0 N–H and O–H groups in total. The molecule has 2 aromatic heterocycles. The Morgan fingerprint density at radius 3 is 3.00 bits per heavy atom. The third-order valence-electron chi connectivity index (χ3n) is 2.10. The number of hydrogen-bond acceptors (Lipinski definition) is 4. The van der Waals surface area contributed by atoms with Gasteiger partial charge < -0.3 is 14.9 Å². The van der Waals surface area contributed by atoms with E-state index in [1.54, 1.807) is 22.6 Å². The van der Waals surface area contributed by atoms with E-state index in [-0.39, 0.29) is 12.2 Å². The molecule has 0 spiro atoms. The van der Waals surface area contributed by atoms with Gasteiger partial charge in [0.15, 0.2) is 0 Å². The van der Waals surface area contributed by atoms with Crippen molar-refractivity contribution in [3.8, 4) is 0 Å². The standard InChI is InChI=1S/C9H7N3O3/c13-5-4-7-2-1-3-8-9(12(14)15)10-6-11(7)8/h1-3,5-6H,4H2. The molecule has 2 rings (SSSR count). The second kappa shape index (κ2) is 3.49. The number of fused-ring (bicyclic) bond motifs is 1. The van der Waals surface area contributed by atoms with Gasteiger partial charge >= 0.3 is 5.82 Å². The summed E-state index contributed by atoms with van der Waals surface area (Å²) in [5.41, 5.74) is 1.09. The maximum atomic E-state index is 10.6. The van der Waals surface area contributed by atoms with Crippen molar-refractivity contribution in [3.05, 3.63) is 40.3 Å². The predicted molar refractivity (Wildman–Crippen MR) is 51.6 cm³/mol. The number of imidazole rings is 1. The molecule has 0 unspecified atom stereocenters. The average Bonchev–Trinajstić information content (AvgIpc) is 2.62. The van der Waals surface area contributed by atoms with E-state index in [0.29, 0.717) is 11.2 Å². The number of carbonyl (C=O) groups excluding carboxylic acids is 1. The monoisotopic (exact) mass is 205 g/mol. The molecule has 2 heterocycles. The van der Waals surface area contributed by atoms with Crippen molar-refractivity contribution in [2.75, 3.05) is 0 Å². The Labute approximate surface area is 84.3 Å². The quantitative estimate of drug-likeness (QED) is 0.425. The molecule has 0 fully saturated rings. The molecule has 0 aliphatic rings. The molecule has 2 aromatic rings. The van der Waals surface area contributed by atoms with Crippen LogP contribution in [0.3, 0.4) is 0 Å². The zero-order valence-corrected chi connectivity index (χ0v) is 7.66. The second-order valence-corrected chi connectivity index (χ2v) is 2.97. The Balaban J connectivity index is 2.68. The van der Waals surface area contributed by atoms with Crippen molar-refractivity contribution in [3.63, 3.8) is 0 Å². The van der Waals surface area contributed by atoms with Crippen molar-refractivity contribution >= 4 is 17.6 Å². The minimum Gasteiger partial charge on any atom is -0.358 e. The van der Waals surface area contributed by atoms with Gasteiger partial charge in [-0.1, -0.05) is 6.07 Å². The Morgan fingerprint density at radius 2 is 2.33 bits per heavy atom. The van der Waals surface area contributed by atoms with E-state index in [2.05, 4.69) is 4.98 Å². The van der Waals surface area contributed by atoms with Crippen molar-refractivity contribution < 1.29 is 9.72 Å². The fraction of sp³-hybridized carbons (Fsp3) is 0.111. The lowest BCUT2D eigenvalue weighted by atomic mass is 10.2. The molecule has 0 radical (unpaired) electrons. The summed E-state index contributed by atoms with van der Waals surface area (Å²) >= 11 is 0. The van der Waals surface area contributed by atoms with Crippen LogP contribution in [-0.2, 0) is 11.2 Å². The first-order valence-corrected chi connectivity index (χ1v) is 4.27. The molecule has 76 valence electrons. The summed E-state index contributed by atoms with van der Waals surface area (Å²) < 4.78 is 1.55. The molecule has 0 aromatic carbocycles. The lowest BCUT2D eigenvalue weighted by Crippen LogP contribution is -1.96. The molecule has 0 saturated carbocycles. The normalized spacial score (nSPS) is 10.4. The molecule has 0 amide bonds. The van der Waals surface area contributed by atoms with Gasteiger partial charge in [0.1, 0.15) is 11.8 Å². The SMILES string of the molecule is O=CCc1cccc2c([N+](=O)[O-])ncn12. The first-order chi connectivity index (χ1) is 7.24. The third-order valence-corrected chi connectivity index (χ3v) is 2.10. The number of nitro groups is 1. The highest BCUT2D eigenvalue weighted by Crippen LogP contribution is 2.18. The van der Waals surface area contributed by atoms with E-state index >= 15 is 0 Å². The number of rotatable bonds is 3. The minimum absolute atomic E-state index is 0.192. The Hall–Kier alpha value is -2.24. The zero-order chi connectivity index (χ0) is 10.8. The Kier molecular flexibility index (Phi) is 2.17. The van der Waals surface area contributed by atoms with Gasteiger partial charge in [-0.05, 0) is 22.0 Å². The number of carbonyl (C=O) groups is 1. The first kappa shape index (κ1) is 9.32. The summed E-state index contributed by atoms with van der Waals surface area (Å²) in [5, 5.41) is 10.6. The lowest BCUT2D eigenvalue weighted by molar-refractivity contribution is -0.387. The summed E-state index contributed by atoms with van der Waals surface area (Å²) in [5.74, 6) is -0.192. The van der Waals surface area contributed by atoms with Gasteiger partial charge in [-0.25, -0.2) is 0 Å². The Bertz CT molecular complexity index is 532. The zero-order valence-electron chi connectivity index (χ0n) is 7.66. The van der Waals surface area contributed by atoms with Crippen molar-refractivity contribution in [1.29, 1.82) is 0 Å². The minimum atomic E-state index is -0.542. The average molecular weight is 205 g/mol. The van der Waals surface area contributed by atoms with Crippen LogP contribution in [0, 0.1) is 10.1 Å². The maximum absolute atomic E-state index is 10.6. The number of hydrogen-bond donors (Lipinski definition) is 0. The number of aldehydes is 1. The van der Waals surface area contributed by atoms with E-state index in [1.165, 1.54) is 6.33 Å². The van der Waals surface area contributed by atoms with Crippen LogP contribution < -0.4 is 0 Å². The van der Waals surface area contributed by atoms with Gasteiger partial charge in [-0.3, -0.25) is 4.40 Å². The summed E-state index contributed by atoms with van der Waals surface area (Å²) in [6.45, 7) is 0. The molecule has 15 heavy (non-hydrogen) atoms. The van der Waals surface area contributed by atoms with Gasteiger partial charge in [-0.2, -0.15) is 0 Å². The summed E-state index contributed by atoms with van der Waals surface area (Å²) in [4.78, 5) is 24.1. The molecule has 0 aliphatic heterocycles. The van der Waals surface area contributed by atoms with Gasteiger partial charge in [0.25, 0.3) is 0 Å². The number of nitrogens with zero attached hydrogens (tertiary/aromatic N) is 3. The van der Waals surface area contributed by atoms with Gasteiger partial charge in [0, 0.05) is 12.1 Å². The van der Waals surface area contributed by atoms with Crippen LogP contribution in [0.2, 0.25) is 0 Å². The van der Waals surface area contributed by atoms with Gasteiger partial charge in [0.2, 0.25) is 6.33 Å². The molecular weight excluding hydrogens is 198 g/mol. The fourth-order valence-corrected chi connectivity index (χ4v) is 1.46. The molecule has 0 atom stereocenters. The number of pyridine rings is 1. The van der Waals surface area contributed by atoms with Crippen LogP contribution in [0.25, 0.3) is 5.52 Å². The van der Waals surface area contributed by atoms with Crippen LogP contribution in [0.1, 0.15) is 5.69 Å². The van der Waals surface area contributed by atoms with Crippen LogP contribution in [0.15, 0.2) is 24.5 Å². The summed E-state index contributed by atoms with van der Waals surface area (Å²) in [6.07, 6.45) is 2.32. The van der Waals surface area contributed by atoms with E-state index < -0.39 is 4.92 Å². The molecule has 6 heteroatoms. The number of aromatic nitrogens is 2. The predicted octanol–water partition coefficient (Wildman–Crippen LogP) is 0.984. The largest absolute Gasteiger partial charge is 0.389 e. The first-order valence-electron chi connectivity index (χ1n) is 4.27. The van der Waals surface area contributed by atoms with E-state index in [4.69, 9.17) is 0 Å². The van der Waals surface area contributed by atoms with Crippen molar-refractivity contribution in [2.45, 2.75) is 6.42 Å². The highest BCUT2D eigenvalue weighted by atomic mass is 16.6. The highest BCUT2D eigenvalue weighted by Gasteiger charge is 2.16. The van der Waals surface area contributed by atoms with Gasteiger partial charge in [0.05, 0.1) is 0 Å². The lowest BCUT2D eigenvalue weighted by Gasteiger charge is -1.98. The van der Waals surface area contributed by atoms with E-state index in [0.717, 1.165) is 6.29 Å². The van der Waals surface area contributed by atoms with Crippen molar-refractivity contribution in [2.24, 2.45) is 0 Å². The summed E-state index contributed by atoms with van der Waals surface area (Å²) in [6, 6.07) is 5.00. The van der Waals surface area contributed by atoms with Crippen LogP contribution in [0.4, 0.5) is 5.82 Å². The highest BCUT2D eigenvalue weighted by molar-refractivity contribution is 5.63. The van der Waals surface area contributed by atoms with Crippen LogP contribution in [-0.4, -0.2) is 20.6 Å². The second-order valence-electron chi connectivity index (χ2n) is 2.97. The molecule has 6 nitrogen and oxygen atoms in total. The van der Waals surface area contributed by atoms with E-state index in [1.807, 2.05) is 0 Å². The Morgan fingerprint density at radius 1 is 1.53 bits per heavy atom. The van der Waals surface area contributed by atoms with Crippen LogP contribution in [0.5, 0.6) is 0 Å². The third kappa shape index (κ3) is 1.45. The fourth-order valence-electron chi connectivity index (χ4n) is 1.46. The van der Waals surface area contributed by atoms with E-state index in [9.17, 15) is 14.9 Å². The maximum Gasteiger partial charge on any atom is 0.389 e. The molecule has 0 bridgehead atoms. The topological polar surface area (TPSA) is 77.5 Å². The van der Waals surface area contributed by atoms with Crippen LogP contribution >= 0.6 is 0 Å². The smallest absolute Gasteiger partial charge is 0.358 e. The van der Waals surface area contributed by atoms with Crippen molar-refractivity contribution in [1.82, 2.24) is 9.38 Å². The molecule has 0 aliphatic carbocycles. The summed E-state index contributed by atoms with van der Waals surface area (Å²) in [7, 11) is 0. The molecular formula is C9H7N3O3.